The maximum absolute atomic E-state index is 11.1. The second-order valence-electron chi connectivity index (χ2n) is 6.49. The molecule has 0 unspecified atom stereocenters. The Hall–Kier alpha value is 0.130. The minimum absolute atomic E-state index is 0. The van der Waals surface area contributed by atoms with Crippen molar-refractivity contribution in [2.45, 2.75) is 89.4 Å². The van der Waals surface area contributed by atoms with Crippen LogP contribution < -0.4 is 29.6 Å². The summed E-state index contributed by atoms with van der Waals surface area (Å²) in [7, 11) is -4.34. The van der Waals surface area contributed by atoms with E-state index in [1.165, 1.54) is 63.9 Å². The van der Waals surface area contributed by atoms with E-state index in [1.54, 1.807) is 13.0 Å². The van der Waals surface area contributed by atoms with Gasteiger partial charge >= 0.3 is 29.6 Å². The Balaban J connectivity index is 0.00000529. The Morgan fingerprint density at radius 2 is 1.38 bits per heavy atom. The molecule has 1 rings (SSSR count). The number of hydrogen-bond acceptors (Lipinski definition) is 3. The third kappa shape index (κ3) is 10.2. The van der Waals surface area contributed by atoms with E-state index in [2.05, 4.69) is 6.92 Å². The van der Waals surface area contributed by atoms with Crippen LogP contribution in [0.4, 0.5) is 0 Å². The van der Waals surface area contributed by atoms with Crippen LogP contribution in [0.5, 0.6) is 0 Å². The maximum Gasteiger partial charge on any atom is 1.00 e. The molecule has 0 spiro atoms. The van der Waals surface area contributed by atoms with Gasteiger partial charge in [-0.3, -0.25) is 0 Å². The van der Waals surface area contributed by atoms with Crippen LogP contribution in [0.1, 0.15) is 82.3 Å². The van der Waals surface area contributed by atoms with Gasteiger partial charge in [0.15, 0.2) is 0 Å². The summed E-state index contributed by atoms with van der Waals surface area (Å²) in [4.78, 5) is -0.0932. The molecule has 24 heavy (non-hydrogen) atoms. The van der Waals surface area contributed by atoms with Crippen LogP contribution in [0.3, 0.4) is 0 Å². The molecule has 1 aromatic rings. The van der Waals surface area contributed by atoms with E-state index in [0.29, 0.717) is 5.56 Å². The largest absolute Gasteiger partial charge is 1.00 e. The van der Waals surface area contributed by atoms with Crippen LogP contribution in [-0.2, 0) is 16.5 Å². The van der Waals surface area contributed by atoms with Crippen molar-refractivity contribution in [2.24, 2.45) is 0 Å². The van der Waals surface area contributed by atoms with Crippen molar-refractivity contribution in [1.29, 1.82) is 0 Å². The van der Waals surface area contributed by atoms with Crippen LogP contribution in [0.2, 0.25) is 0 Å². The molecule has 1 aromatic carbocycles. The zero-order chi connectivity index (χ0) is 17.1. The first-order valence-corrected chi connectivity index (χ1v) is 10.4. The molecular formula is C19H31NaO3S. The zero-order valence-electron chi connectivity index (χ0n) is 15.6. The van der Waals surface area contributed by atoms with E-state index in [9.17, 15) is 13.0 Å². The van der Waals surface area contributed by atoms with Gasteiger partial charge in [0.05, 0.1) is 4.90 Å². The van der Waals surface area contributed by atoms with Gasteiger partial charge in [-0.1, -0.05) is 76.8 Å². The molecule has 3 nitrogen and oxygen atoms in total. The summed E-state index contributed by atoms with van der Waals surface area (Å²) >= 11 is 0. The normalized spacial score (nSPS) is 11.3. The fraction of sp³-hybridized carbons (Fsp3) is 0.684. The van der Waals surface area contributed by atoms with Gasteiger partial charge in [-0.15, -0.1) is 0 Å². The van der Waals surface area contributed by atoms with Crippen molar-refractivity contribution in [3.05, 3.63) is 29.3 Å². The minimum atomic E-state index is -4.34. The molecule has 0 saturated heterocycles. The van der Waals surface area contributed by atoms with Crippen molar-refractivity contribution in [3.8, 4) is 0 Å². The first kappa shape index (κ1) is 24.1. The number of hydrogen-bond donors (Lipinski definition) is 0. The summed E-state index contributed by atoms with van der Waals surface area (Å²) in [6.45, 7) is 3.93. The Bertz CT molecular complexity index is 556. The summed E-state index contributed by atoms with van der Waals surface area (Å²) in [5.74, 6) is 0. The Labute approximate surface area is 170 Å². The summed E-state index contributed by atoms with van der Waals surface area (Å²) < 4.78 is 33.2. The van der Waals surface area contributed by atoms with Crippen LogP contribution in [0.15, 0.2) is 23.1 Å². The smallest absolute Gasteiger partial charge is 0.744 e. The Morgan fingerprint density at radius 1 is 0.875 bits per heavy atom. The first-order valence-electron chi connectivity index (χ1n) is 9.00. The van der Waals surface area contributed by atoms with Gasteiger partial charge in [0.1, 0.15) is 10.1 Å². The molecule has 0 heterocycles. The molecule has 0 aliphatic carbocycles. The minimum Gasteiger partial charge on any atom is -0.744 e. The van der Waals surface area contributed by atoms with Gasteiger partial charge in [-0.2, -0.15) is 0 Å². The van der Waals surface area contributed by atoms with Gasteiger partial charge in [0.25, 0.3) is 0 Å². The van der Waals surface area contributed by atoms with E-state index >= 15 is 0 Å². The topological polar surface area (TPSA) is 57.2 Å². The number of aryl methyl sites for hydroxylation is 2. The van der Waals surface area contributed by atoms with Crippen molar-refractivity contribution < 1.29 is 42.5 Å². The molecule has 0 N–H and O–H groups in total. The fourth-order valence-electron chi connectivity index (χ4n) is 2.96. The molecule has 0 saturated carbocycles. The molecule has 0 fully saturated rings. The molecular weight excluding hydrogens is 331 g/mol. The van der Waals surface area contributed by atoms with Crippen molar-refractivity contribution in [2.75, 3.05) is 0 Å². The number of rotatable bonds is 12. The van der Waals surface area contributed by atoms with Crippen molar-refractivity contribution in [1.82, 2.24) is 0 Å². The van der Waals surface area contributed by atoms with E-state index < -0.39 is 10.1 Å². The van der Waals surface area contributed by atoms with Gasteiger partial charge in [0.2, 0.25) is 0 Å². The summed E-state index contributed by atoms with van der Waals surface area (Å²) in [5, 5.41) is 0. The summed E-state index contributed by atoms with van der Waals surface area (Å²) in [6.07, 6.45) is 14.0. The number of benzene rings is 1. The van der Waals surface area contributed by atoms with Crippen LogP contribution in [-0.4, -0.2) is 13.0 Å². The molecule has 0 aliphatic rings. The molecule has 0 aliphatic heterocycles. The monoisotopic (exact) mass is 362 g/mol. The average molecular weight is 363 g/mol. The molecule has 0 atom stereocenters. The Morgan fingerprint density at radius 3 is 1.83 bits per heavy atom. The van der Waals surface area contributed by atoms with Crippen LogP contribution in [0.25, 0.3) is 0 Å². The molecule has 132 valence electrons. The van der Waals surface area contributed by atoms with E-state index in [-0.39, 0.29) is 34.5 Å². The van der Waals surface area contributed by atoms with E-state index in [0.717, 1.165) is 18.4 Å². The standard InChI is InChI=1S/C19H32O3S.Na/c1-3-4-5-6-7-8-9-10-11-12-13-18-14-15-19(17(2)16-18)23(20,21)22;/h14-16H,3-13H2,1-2H3,(H,20,21,22);/q;+1/p-1. The number of unbranched alkanes of at least 4 members (excludes halogenated alkanes) is 9. The molecule has 0 radical (unpaired) electrons. The van der Waals surface area contributed by atoms with Crippen molar-refractivity contribution in [3.63, 3.8) is 0 Å². The Kier molecular flexibility index (Phi) is 13.4. The SMILES string of the molecule is CCCCCCCCCCCCc1ccc(S(=O)(=O)[O-])c(C)c1.[Na+]. The molecule has 0 bridgehead atoms. The fourth-order valence-corrected chi connectivity index (χ4v) is 3.65. The third-order valence-electron chi connectivity index (χ3n) is 4.33. The molecule has 0 amide bonds. The first-order chi connectivity index (χ1) is 10.9. The third-order valence-corrected chi connectivity index (χ3v) is 5.32. The zero-order valence-corrected chi connectivity index (χ0v) is 18.5. The van der Waals surface area contributed by atoms with Gasteiger partial charge in [-0.05, 0) is 37.0 Å². The predicted octanol–water partition coefficient (Wildman–Crippen LogP) is 2.37. The van der Waals surface area contributed by atoms with E-state index in [4.69, 9.17) is 0 Å². The van der Waals surface area contributed by atoms with Crippen molar-refractivity contribution >= 4 is 10.1 Å². The van der Waals surface area contributed by atoms with Gasteiger partial charge in [-0.25, -0.2) is 8.42 Å². The quantitative estimate of drug-likeness (QED) is 0.326. The maximum atomic E-state index is 11.1. The summed E-state index contributed by atoms with van der Waals surface area (Å²) in [5.41, 5.74) is 1.68. The van der Waals surface area contributed by atoms with E-state index in [1.807, 2.05) is 6.07 Å². The average Bonchev–Trinajstić information content (AvgIpc) is 2.48. The van der Waals surface area contributed by atoms with Crippen LogP contribution in [0, 0.1) is 6.92 Å². The molecule has 0 aromatic heterocycles. The summed E-state index contributed by atoms with van der Waals surface area (Å²) in [6, 6.07) is 5.05. The van der Waals surface area contributed by atoms with Crippen LogP contribution >= 0.6 is 0 Å². The predicted molar refractivity (Wildman–Crippen MR) is 94.7 cm³/mol. The second-order valence-corrected chi connectivity index (χ2v) is 7.83. The second kappa shape index (κ2) is 13.3. The van der Waals surface area contributed by atoms with Gasteiger partial charge in [0, 0.05) is 0 Å². The van der Waals surface area contributed by atoms with Gasteiger partial charge < -0.3 is 4.55 Å². The molecule has 5 heteroatoms.